The Balaban J connectivity index is 1.64. The summed E-state index contributed by atoms with van der Waals surface area (Å²) in [7, 11) is -3.53. The zero-order valence-corrected chi connectivity index (χ0v) is 22.3. The predicted octanol–water partition coefficient (Wildman–Crippen LogP) is 5.97. The Hall–Kier alpha value is -3.42. The molecule has 0 atom stereocenters. The predicted molar refractivity (Wildman–Crippen MR) is 139 cm³/mol. The molecule has 0 aliphatic heterocycles. The van der Waals surface area contributed by atoms with Crippen molar-refractivity contribution in [2.24, 2.45) is 0 Å². The maximum absolute atomic E-state index is 14.0. The zero-order chi connectivity index (χ0) is 27.9. The quantitative estimate of drug-likeness (QED) is 0.266. The van der Waals surface area contributed by atoms with Gasteiger partial charge in [0.05, 0.1) is 26.5 Å². The molecular formula is C25H17ClF3N3O5S2. The highest BCUT2D eigenvalue weighted by Gasteiger charge is 2.35. The fraction of sp³-hybridized carbons (Fsp3) is 0.240. The summed E-state index contributed by atoms with van der Waals surface area (Å²) < 4.78 is 70.4. The Morgan fingerprint density at radius 3 is 2.59 bits per heavy atom. The topological polar surface area (TPSA) is 115 Å². The molecule has 0 saturated heterocycles. The van der Waals surface area contributed by atoms with Crippen molar-refractivity contribution in [3.63, 3.8) is 0 Å². The van der Waals surface area contributed by atoms with Gasteiger partial charge in [0, 0.05) is 23.3 Å². The number of nitrogens with zero attached hydrogens (tertiary/aromatic N) is 3. The molecule has 39 heavy (non-hydrogen) atoms. The Kier molecular flexibility index (Phi) is 5.83. The van der Waals surface area contributed by atoms with E-state index in [4.69, 9.17) is 21.1 Å². The summed E-state index contributed by atoms with van der Waals surface area (Å²) in [6.07, 6.45) is -2.04. The Morgan fingerprint density at radius 1 is 1.21 bits per heavy atom. The van der Waals surface area contributed by atoms with E-state index in [1.54, 1.807) is 18.2 Å². The van der Waals surface area contributed by atoms with Gasteiger partial charge in [-0.25, -0.2) is 13.4 Å². The van der Waals surface area contributed by atoms with Crippen LogP contribution in [0.2, 0.25) is 5.02 Å². The molecule has 3 aromatic heterocycles. The number of sulfone groups is 1. The van der Waals surface area contributed by atoms with Crippen LogP contribution in [-0.4, -0.2) is 34.5 Å². The van der Waals surface area contributed by atoms with Crippen LogP contribution in [0.5, 0.6) is 5.75 Å². The van der Waals surface area contributed by atoms with Gasteiger partial charge in [-0.05, 0) is 48.6 Å². The molecule has 0 radical (unpaired) electrons. The number of phenols is 1. The first-order valence-corrected chi connectivity index (χ1v) is 14.6. The molecular weight excluding hydrogens is 579 g/mol. The summed E-state index contributed by atoms with van der Waals surface area (Å²) in [6.45, 7) is -0.422. The first-order chi connectivity index (χ1) is 18.3. The number of hydrogen-bond donors (Lipinski definition) is 1. The van der Waals surface area contributed by atoms with Gasteiger partial charge >= 0.3 is 6.18 Å². The molecule has 5 aromatic rings. The minimum atomic E-state index is -4.74. The van der Waals surface area contributed by atoms with E-state index in [-0.39, 0.29) is 43.4 Å². The molecule has 6 rings (SSSR count). The zero-order valence-electron chi connectivity index (χ0n) is 19.9. The summed E-state index contributed by atoms with van der Waals surface area (Å²) >= 11 is 7.11. The molecule has 1 saturated carbocycles. The van der Waals surface area contributed by atoms with Gasteiger partial charge in [-0.1, -0.05) is 22.8 Å². The number of halogens is 4. The number of alkyl halides is 3. The first kappa shape index (κ1) is 25.8. The van der Waals surface area contributed by atoms with Crippen molar-refractivity contribution in [3.8, 4) is 17.1 Å². The monoisotopic (exact) mass is 595 g/mol. The van der Waals surface area contributed by atoms with E-state index in [0.29, 0.717) is 27.3 Å². The number of phenolic OH excluding ortho intramolecular Hbond substituents is 1. The van der Waals surface area contributed by atoms with Crippen molar-refractivity contribution in [2.45, 2.75) is 36.4 Å². The number of hydrogen-bond acceptors (Lipinski definition) is 8. The number of benzene rings is 2. The van der Waals surface area contributed by atoms with E-state index in [9.17, 15) is 31.5 Å². The molecule has 1 aliphatic rings. The maximum Gasteiger partial charge on any atom is 0.436 e. The lowest BCUT2D eigenvalue weighted by atomic mass is 10.0. The molecule has 14 heteroatoms. The van der Waals surface area contributed by atoms with E-state index in [0.717, 1.165) is 30.4 Å². The van der Waals surface area contributed by atoms with Gasteiger partial charge in [0.25, 0.3) is 5.56 Å². The van der Waals surface area contributed by atoms with Gasteiger partial charge in [-0.2, -0.15) is 13.2 Å². The maximum atomic E-state index is 14.0. The van der Waals surface area contributed by atoms with Crippen LogP contribution in [-0.2, 0) is 22.6 Å². The first-order valence-electron chi connectivity index (χ1n) is 11.5. The van der Waals surface area contributed by atoms with Gasteiger partial charge < -0.3 is 9.63 Å². The summed E-state index contributed by atoms with van der Waals surface area (Å²) in [6, 6.07) is 8.23. The smallest absolute Gasteiger partial charge is 0.436 e. The second kappa shape index (κ2) is 8.80. The van der Waals surface area contributed by atoms with Crippen LogP contribution in [0.3, 0.4) is 0 Å². The lowest BCUT2D eigenvalue weighted by Crippen LogP contribution is -2.24. The van der Waals surface area contributed by atoms with Crippen LogP contribution in [0.4, 0.5) is 13.2 Å². The molecule has 202 valence electrons. The average molecular weight is 596 g/mol. The van der Waals surface area contributed by atoms with Crippen LogP contribution in [0.25, 0.3) is 31.7 Å². The number of rotatable bonds is 5. The van der Waals surface area contributed by atoms with Crippen molar-refractivity contribution in [1.82, 2.24) is 14.7 Å². The van der Waals surface area contributed by atoms with E-state index in [1.165, 1.54) is 16.7 Å². The lowest BCUT2D eigenvalue weighted by Gasteiger charge is -2.15. The third-order valence-electron chi connectivity index (χ3n) is 6.56. The van der Waals surface area contributed by atoms with Gasteiger partial charge in [0.1, 0.15) is 10.7 Å². The van der Waals surface area contributed by atoms with Gasteiger partial charge in [0.2, 0.25) is 0 Å². The Bertz CT molecular complexity index is 1980. The fourth-order valence-corrected chi connectivity index (χ4v) is 6.50. The third kappa shape index (κ3) is 4.47. The summed E-state index contributed by atoms with van der Waals surface area (Å²) in [5.74, 6) is -0.282. The SMILES string of the molecule is CS(=O)(=O)c1ccc(-c2nc3sc4c(O)c(Cl)ccc4c3c(=O)n2Cc2cc(C(F)(F)F)no2)c(C2CC2)c1. The molecule has 0 spiro atoms. The van der Waals surface area contributed by atoms with E-state index in [2.05, 4.69) is 5.16 Å². The fourth-order valence-electron chi connectivity index (χ4n) is 4.52. The van der Waals surface area contributed by atoms with Crippen LogP contribution >= 0.6 is 22.9 Å². The number of aromatic hydroxyl groups is 1. The second-order valence-electron chi connectivity index (χ2n) is 9.35. The summed E-state index contributed by atoms with van der Waals surface area (Å²) in [5, 5.41) is 14.2. The van der Waals surface area contributed by atoms with Crippen LogP contribution in [0.15, 0.2) is 50.6 Å². The van der Waals surface area contributed by atoms with Crippen molar-refractivity contribution >= 4 is 53.1 Å². The lowest BCUT2D eigenvalue weighted by molar-refractivity contribution is -0.142. The van der Waals surface area contributed by atoms with Gasteiger partial charge in [0.15, 0.2) is 27.0 Å². The number of thiophene rings is 1. The molecule has 1 fully saturated rings. The van der Waals surface area contributed by atoms with Crippen molar-refractivity contribution < 1.29 is 31.2 Å². The minimum absolute atomic E-state index is 0.0371. The number of fused-ring (bicyclic) bond motifs is 3. The summed E-state index contributed by atoms with van der Waals surface area (Å²) in [4.78, 5) is 19.1. The van der Waals surface area contributed by atoms with E-state index < -0.39 is 33.8 Å². The average Bonchev–Trinajstić information content (AvgIpc) is 3.47. The molecule has 0 unspecified atom stereocenters. The normalized spacial score (nSPS) is 14.5. The molecule has 2 aromatic carbocycles. The minimum Gasteiger partial charge on any atom is -0.505 e. The third-order valence-corrected chi connectivity index (χ3v) is 9.08. The largest absolute Gasteiger partial charge is 0.505 e. The molecule has 3 heterocycles. The summed E-state index contributed by atoms with van der Waals surface area (Å²) in [5.41, 5.74) is -0.683. The van der Waals surface area contributed by atoms with Crippen LogP contribution in [0.1, 0.15) is 35.8 Å². The van der Waals surface area contributed by atoms with Gasteiger partial charge in [-0.3, -0.25) is 9.36 Å². The number of aromatic nitrogens is 3. The Labute approximate surface area is 227 Å². The highest BCUT2D eigenvalue weighted by Crippen LogP contribution is 2.46. The van der Waals surface area contributed by atoms with E-state index in [1.807, 2.05) is 0 Å². The standard InChI is InChI=1S/C25H17ClF3N3O5S2/c1-39(35,36)13-4-5-14(16(9-13)11-2-3-11)22-30-23-19(15-6-7-17(26)20(33)21(15)38-23)24(34)32(22)10-12-8-18(31-37-12)25(27,28)29/h4-9,11,33H,2-3,10H2,1H3. The highest BCUT2D eigenvalue weighted by molar-refractivity contribution is 7.90. The van der Waals surface area contributed by atoms with Crippen LogP contribution in [0, 0.1) is 0 Å². The van der Waals surface area contributed by atoms with Gasteiger partial charge in [-0.15, -0.1) is 11.3 Å². The molecule has 0 amide bonds. The van der Waals surface area contributed by atoms with Crippen LogP contribution < -0.4 is 5.56 Å². The van der Waals surface area contributed by atoms with Crippen molar-refractivity contribution in [1.29, 1.82) is 0 Å². The van der Waals surface area contributed by atoms with E-state index >= 15 is 0 Å². The molecule has 8 nitrogen and oxygen atoms in total. The molecule has 1 aliphatic carbocycles. The highest BCUT2D eigenvalue weighted by atomic mass is 35.5. The molecule has 1 N–H and O–H groups in total. The Morgan fingerprint density at radius 2 is 1.95 bits per heavy atom. The second-order valence-corrected chi connectivity index (χ2v) is 12.8. The molecule has 0 bridgehead atoms. The van der Waals surface area contributed by atoms with Crippen molar-refractivity contribution in [3.05, 3.63) is 68.8 Å². The van der Waals surface area contributed by atoms with Crippen molar-refractivity contribution in [2.75, 3.05) is 6.26 Å².